The van der Waals surface area contributed by atoms with Gasteiger partial charge < -0.3 is 15.5 Å². The first-order valence-corrected chi connectivity index (χ1v) is 9.90. The quantitative estimate of drug-likeness (QED) is 0.516. The Morgan fingerprint density at radius 2 is 1.74 bits per heavy atom. The minimum absolute atomic E-state index is 0.0411. The number of hydrogen-bond acceptors (Lipinski definition) is 4. The average molecular weight is 448 g/mol. The molecule has 0 radical (unpaired) electrons. The molecule has 1 unspecified atom stereocenters. The predicted molar refractivity (Wildman–Crippen MR) is 107 cm³/mol. The van der Waals surface area contributed by atoms with Crippen LogP contribution >= 0.6 is 15.9 Å². The molecule has 3 aromatic carbocycles. The largest absolute Gasteiger partial charge is 0.506 e. The molecule has 27 heavy (non-hydrogen) atoms. The van der Waals surface area contributed by atoms with Gasteiger partial charge in [0.05, 0.1) is 21.4 Å². The molecule has 0 spiro atoms. The average Bonchev–Trinajstić information content (AvgIpc) is 2.63. The molecule has 0 aliphatic rings. The Bertz CT molecular complexity index is 1080. The Morgan fingerprint density at radius 3 is 2.41 bits per heavy atom. The number of carbonyl (C=O) groups is 2. The van der Waals surface area contributed by atoms with Crippen LogP contribution in [0.15, 0.2) is 64.0 Å². The van der Waals surface area contributed by atoms with Gasteiger partial charge in [0, 0.05) is 20.8 Å². The number of halogens is 1. The van der Waals surface area contributed by atoms with Crippen molar-refractivity contribution in [1.29, 1.82) is 0 Å². The van der Waals surface area contributed by atoms with Gasteiger partial charge in [0.15, 0.2) is 0 Å². The van der Waals surface area contributed by atoms with Crippen LogP contribution in [-0.2, 0) is 15.6 Å². The van der Waals surface area contributed by atoms with E-state index >= 15 is 0 Å². The lowest BCUT2D eigenvalue weighted by Crippen LogP contribution is -2.13. The predicted octanol–water partition coefficient (Wildman–Crippen LogP) is 3.75. The van der Waals surface area contributed by atoms with Crippen molar-refractivity contribution in [1.82, 2.24) is 0 Å². The van der Waals surface area contributed by atoms with Gasteiger partial charge in [0.2, 0.25) is 0 Å². The smallest absolute Gasteiger partial charge is 0.316 e. The molecule has 8 heteroatoms. The topological polar surface area (TPSA) is 104 Å². The van der Waals surface area contributed by atoms with Gasteiger partial charge in [-0.1, -0.05) is 46.3 Å². The van der Waals surface area contributed by atoms with Gasteiger partial charge in [0.1, 0.15) is 11.5 Å². The fourth-order valence-electron chi connectivity index (χ4n) is 2.63. The molecular weight excluding hydrogens is 434 g/mol. The highest BCUT2D eigenvalue weighted by molar-refractivity contribution is 9.10. The lowest BCUT2D eigenvalue weighted by molar-refractivity contribution is -0.133. The van der Waals surface area contributed by atoms with E-state index in [2.05, 4.69) is 21.2 Å². The fourth-order valence-corrected chi connectivity index (χ4v) is 3.98. The first kappa shape index (κ1) is 19.1. The number of benzene rings is 3. The van der Waals surface area contributed by atoms with Crippen LogP contribution in [0.2, 0.25) is 0 Å². The highest BCUT2D eigenvalue weighted by atomic mass is 79.9. The van der Waals surface area contributed by atoms with Gasteiger partial charge in [0.25, 0.3) is 5.91 Å². The Balaban J connectivity index is 2.08. The number of rotatable bonds is 5. The van der Waals surface area contributed by atoms with Crippen molar-refractivity contribution in [2.75, 3.05) is 11.1 Å². The number of carboxylic acids is 1. The van der Waals surface area contributed by atoms with Crippen LogP contribution in [0.5, 0.6) is 5.75 Å². The second-order valence-corrected chi connectivity index (χ2v) is 8.00. The zero-order valence-corrected chi connectivity index (χ0v) is 16.2. The first-order valence-electron chi connectivity index (χ1n) is 7.78. The number of carboxylic acid groups (broad SMARTS) is 1. The third-order valence-corrected chi connectivity index (χ3v) is 5.62. The molecule has 0 fully saturated rings. The summed E-state index contributed by atoms with van der Waals surface area (Å²) in [5.41, 5.74) is 0.747. The summed E-state index contributed by atoms with van der Waals surface area (Å²) in [7, 11) is -1.96. The Hall–Kier alpha value is -2.71. The molecule has 6 nitrogen and oxygen atoms in total. The highest BCUT2D eigenvalue weighted by Gasteiger charge is 2.19. The molecule has 0 aliphatic heterocycles. The number of aliphatic carboxylic acids is 1. The number of carbonyl (C=O) groups excluding carboxylic acids is 1. The van der Waals surface area contributed by atoms with Crippen LogP contribution in [0.3, 0.4) is 0 Å². The highest BCUT2D eigenvalue weighted by Crippen LogP contribution is 2.36. The Kier molecular flexibility index (Phi) is 5.57. The first-order chi connectivity index (χ1) is 12.9. The van der Waals surface area contributed by atoms with Gasteiger partial charge in [-0.2, -0.15) is 0 Å². The number of anilines is 1. The van der Waals surface area contributed by atoms with Crippen molar-refractivity contribution in [2.24, 2.45) is 0 Å². The maximum Gasteiger partial charge on any atom is 0.316 e. The number of nitrogens with one attached hydrogen (secondary N) is 1. The van der Waals surface area contributed by atoms with Crippen LogP contribution in [0, 0.1) is 0 Å². The molecule has 0 aromatic heterocycles. The lowest BCUT2D eigenvalue weighted by Gasteiger charge is -2.13. The summed E-state index contributed by atoms with van der Waals surface area (Å²) >= 11 is 3.31. The summed E-state index contributed by atoms with van der Waals surface area (Å²) in [5, 5.41) is 23.0. The molecule has 1 amide bonds. The van der Waals surface area contributed by atoms with E-state index in [0.29, 0.717) is 22.0 Å². The molecule has 0 saturated heterocycles. The lowest BCUT2D eigenvalue weighted by atomic mass is 10.1. The number of phenols is 1. The maximum absolute atomic E-state index is 12.6. The van der Waals surface area contributed by atoms with E-state index in [1.165, 1.54) is 6.07 Å². The van der Waals surface area contributed by atoms with Gasteiger partial charge in [-0.15, -0.1) is 0 Å². The van der Waals surface area contributed by atoms with Crippen molar-refractivity contribution in [2.45, 2.75) is 4.90 Å². The minimum Gasteiger partial charge on any atom is -0.506 e. The zero-order valence-electron chi connectivity index (χ0n) is 13.8. The van der Waals surface area contributed by atoms with Crippen LogP contribution in [-0.4, -0.2) is 32.1 Å². The van der Waals surface area contributed by atoms with Crippen molar-refractivity contribution in [3.63, 3.8) is 0 Å². The van der Waals surface area contributed by atoms with E-state index < -0.39 is 22.5 Å². The van der Waals surface area contributed by atoms with E-state index in [1.54, 1.807) is 48.5 Å². The van der Waals surface area contributed by atoms with Crippen molar-refractivity contribution < 1.29 is 24.0 Å². The fraction of sp³-hybridized carbons (Fsp3) is 0.0526. The summed E-state index contributed by atoms with van der Waals surface area (Å²) in [6.07, 6.45) is 0. The number of hydrogen-bond donors (Lipinski definition) is 3. The van der Waals surface area contributed by atoms with Gasteiger partial charge in [-0.05, 0) is 24.3 Å². The normalized spacial score (nSPS) is 11.9. The zero-order chi connectivity index (χ0) is 19.6. The third kappa shape index (κ3) is 4.17. The Labute approximate surface area is 165 Å². The van der Waals surface area contributed by atoms with Crippen molar-refractivity contribution in [3.05, 3.63) is 64.6 Å². The number of fused-ring (bicyclic) bond motifs is 1. The van der Waals surface area contributed by atoms with E-state index in [1.807, 2.05) is 0 Å². The number of amides is 1. The van der Waals surface area contributed by atoms with E-state index in [-0.39, 0.29) is 16.6 Å². The second-order valence-electron chi connectivity index (χ2n) is 5.66. The van der Waals surface area contributed by atoms with Crippen LogP contribution in [0.1, 0.15) is 10.4 Å². The maximum atomic E-state index is 12.6. The van der Waals surface area contributed by atoms with Crippen molar-refractivity contribution in [3.8, 4) is 5.75 Å². The van der Waals surface area contributed by atoms with E-state index in [0.717, 1.165) is 4.47 Å². The van der Waals surface area contributed by atoms with Crippen molar-refractivity contribution >= 4 is 55.1 Å². The van der Waals surface area contributed by atoms with Gasteiger partial charge >= 0.3 is 5.97 Å². The molecule has 0 aliphatic carbocycles. The van der Waals surface area contributed by atoms with Gasteiger partial charge in [-0.25, -0.2) is 0 Å². The minimum atomic E-state index is -1.96. The second kappa shape index (κ2) is 7.89. The van der Waals surface area contributed by atoms with E-state index in [9.17, 15) is 18.9 Å². The van der Waals surface area contributed by atoms with E-state index in [4.69, 9.17) is 5.11 Å². The molecule has 3 aromatic rings. The molecule has 0 saturated carbocycles. The summed E-state index contributed by atoms with van der Waals surface area (Å²) in [5.74, 6) is -2.54. The molecule has 3 rings (SSSR count). The molecule has 138 valence electrons. The molecule has 0 heterocycles. The Morgan fingerprint density at radius 1 is 1.04 bits per heavy atom. The molecule has 3 N–H and O–H groups in total. The molecular formula is C19H14BrNO5S. The number of phenolic OH excluding ortho intramolecular Hbond substituents is 1. The van der Waals surface area contributed by atoms with Crippen LogP contribution < -0.4 is 5.32 Å². The van der Waals surface area contributed by atoms with Crippen LogP contribution in [0.25, 0.3) is 10.8 Å². The molecule has 0 bridgehead atoms. The number of aromatic hydroxyl groups is 1. The van der Waals surface area contributed by atoms with Gasteiger partial charge in [-0.3, -0.25) is 13.8 Å². The summed E-state index contributed by atoms with van der Waals surface area (Å²) in [6.45, 7) is 0. The summed E-state index contributed by atoms with van der Waals surface area (Å²) < 4.78 is 13.1. The SMILES string of the molecule is O=C(O)CS(=O)c1cc(NC(=O)c2cccc(Br)c2)c2ccccc2c1O. The standard InChI is InChI=1S/C19H14BrNO5S/c20-12-5-3-4-11(8-12)19(25)21-15-9-16(27(26)10-17(22)23)18(24)14-7-2-1-6-13(14)15/h1-9,24H,10H2,(H,21,25)(H,22,23). The third-order valence-electron chi connectivity index (χ3n) is 3.82. The summed E-state index contributed by atoms with van der Waals surface area (Å²) in [6, 6.07) is 14.9. The monoisotopic (exact) mass is 447 g/mol. The molecule has 1 atom stereocenters. The van der Waals surface area contributed by atoms with Crippen LogP contribution in [0.4, 0.5) is 5.69 Å². The summed E-state index contributed by atoms with van der Waals surface area (Å²) in [4.78, 5) is 23.4.